The molecule has 1 amide bonds. The molecule has 22 heavy (non-hydrogen) atoms. The van der Waals surface area contributed by atoms with Gasteiger partial charge in [-0.3, -0.25) is 4.79 Å². The highest BCUT2D eigenvalue weighted by Crippen LogP contribution is 2.16. The Balaban J connectivity index is 1.59. The van der Waals surface area contributed by atoms with Gasteiger partial charge in [-0.25, -0.2) is 0 Å². The van der Waals surface area contributed by atoms with Crippen molar-refractivity contribution in [1.82, 2.24) is 4.90 Å². The average molecular weight is 294 g/mol. The molecule has 0 atom stereocenters. The molecule has 0 saturated carbocycles. The topological polar surface area (TPSA) is 23.6 Å². The fraction of sp³-hybridized carbons (Fsp3) is 0.316. The van der Waals surface area contributed by atoms with Crippen LogP contribution in [0.2, 0.25) is 0 Å². The van der Waals surface area contributed by atoms with Gasteiger partial charge in [0.15, 0.2) is 0 Å². The third-order valence-electron chi connectivity index (χ3n) is 4.17. The minimum atomic E-state index is 0.237. The number of anilines is 1. The van der Waals surface area contributed by atoms with E-state index in [2.05, 4.69) is 29.2 Å². The normalized spacial score (nSPS) is 15.5. The number of hydrogen-bond donors (Lipinski definition) is 0. The average Bonchev–Trinajstić information content (AvgIpc) is 2.83. The molecule has 2 aromatic rings. The summed E-state index contributed by atoms with van der Waals surface area (Å²) in [5, 5.41) is 0. The standard InChI is InChI=1S/C19H22N2O/c22-19(16-17-8-3-1-4-9-17)21-13-7-12-20(14-15-21)18-10-5-2-6-11-18/h1-6,8-11H,7,12-16H2. The van der Waals surface area contributed by atoms with Crippen molar-refractivity contribution in [2.24, 2.45) is 0 Å². The van der Waals surface area contributed by atoms with E-state index in [9.17, 15) is 4.79 Å². The summed E-state index contributed by atoms with van der Waals surface area (Å²) in [6, 6.07) is 20.5. The van der Waals surface area contributed by atoms with Gasteiger partial charge in [-0.15, -0.1) is 0 Å². The molecule has 0 radical (unpaired) electrons. The first kappa shape index (κ1) is 14.6. The molecule has 1 fully saturated rings. The zero-order chi connectivity index (χ0) is 15.2. The molecule has 1 heterocycles. The van der Waals surface area contributed by atoms with Gasteiger partial charge in [0.05, 0.1) is 6.42 Å². The third kappa shape index (κ3) is 3.67. The number of hydrogen-bond acceptors (Lipinski definition) is 2. The van der Waals surface area contributed by atoms with E-state index in [1.54, 1.807) is 0 Å². The van der Waals surface area contributed by atoms with Crippen molar-refractivity contribution in [1.29, 1.82) is 0 Å². The third-order valence-corrected chi connectivity index (χ3v) is 4.17. The van der Waals surface area contributed by atoms with Crippen LogP contribution in [0.3, 0.4) is 0 Å². The molecule has 114 valence electrons. The van der Waals surface area contributed by atoms with E-state index in [-0.39, 0.29) is 5.91 Å². The molecular formula is C19H22N2O. The smallest absolute Gasteiger partial charge is 0.227 e. The first-order valence-corrected chi connectivity index (χ1v) is 7.94. The largest absolute Gasteiger partial charge is 0.370 e. The molecule has 3 nitrogen and oxygen atoms in total. The Morgan fingerprint density at radius 2 is 1.50 bits per heavy atom. The van der Waals surface area contributed by atoms with Crippen LogP contribution in [0.25, 0.3) is 0 Å². The molecule has 1 aliphatic heterocycles. The van der Waals surface area contributed by atoms with Crippen molar-refractivity contribution in [3.05, 3.63) is 66.2 Å². The van der Waals surface area contributed by atoms with E-state index in [4.69, 9.17) is 0 Å². The lowest BCUT2D eigenvalue weighted by molar-refractivity contribution is -0.130. The van der Waals surface area contributed by atoms with Crippen LogP contribution in [0.5, 0.6) is 0 Å². The van der Waals surface area contributed by atoms with Crippen molar-refractivity contribution in [3.63, 3.8) is 0 Å². The molecule has 3 heteroatoms. The molecule has 1 aliphatic rings. The van der Waals surface area contributed by atoms with Crippen molar-refractivity contribution in [3.8, 4) is 0 Å². The predicted molar refractivity (Wildman–Crippen MR) is 90.0 cm³/mol. The second kappa shape index (κ2) is 7.12. The van der Waals surface area contributed by atoms with E-state index < -0.39 is 0 Å². The SMILES string of the molecule is O=C(Cc1ccccc1)N1CCCN(c2ccccc2)CC1. The summed E-state index contributed by atoms with van der Waals surface area (Å²) in [6.45, 7) is 3.58. The van der Waals surface area contributed by atoms with Gasteiger partial charge in [0, 0.05) is 31.9 Å². The number of nitrogens with zero attached hydrogens (tertiary/aromatic N) is 2. The number of amides is 1. The van der Waals surface area contributed by atoms with Gasteiger partial charge in [-0.2, -0.15) is 0 Å². The first-order chi connectivity index (χ1) is 10.8. The number of benzene rings is 2. The van der Waals surface area contributed by atoms with Crippen molar-refractivity contribution in [2.75, 3.05) is 31.1 Å². The van der Waals surface area contributed by atoms with Crippen LogP contribution in [0.1, 0.15) is 12.0 Å². The predicted octanol–water partition coefficient (Wildman–Crippen LogP) is 2.97. The van der Waals surface area contributed by atoms with Crippen LogP contribution in [-0.4, -0.2) is 37.0 Å². The highest BCUT2D eigenvalue weighted by molar-refractivity contribution is 5.78. The molecule has 0 spiro atoms. The van der Waals surface area contributed by atoms with Gasteiger partial charge >= 0.3 is 0 Å². The molecule has 0 aromatic heterocycles. The van der Waals surface area contributed by atoms with Gasteiger partial charge in [0.1, 0.15) is 0 Å². The molecule has 3 rings (SSSR count). The van der Waals surface area contributed by atoms with E-state index >= 15 is 0 Å². The Hall–Kier alpha value is -2.29. The highest BCUT2D eigenvalue weighted by Gasteiger charge is 2.19. The van der Waals surface area contributed by atoms with E-state index in [1.807, 2.05) is 41.3 Å². The Bertz CT molecular complexity index is 597. The summed E-state index contributed by atoms with van der Waals surface area (Å²) in [4.78, 5) is 16.9. The molecule has 0 bridgehead atoms. The lowest BCUT2D eigenvalue weighted by Crippen LogP contribution is -2.36. The Kier molecular flexibility index (Phi) is 4.74. The summed E-state index contributed by atoms with van der Waals surface area (Å²) in [5.74, 6) is 0.237. The van der Waals surface area contributed by atoms with E-state index in [0.29, 0.717) is 6.42 Å². The molecule has 0 N–H and O–H groups in total. The Morgan fingerprint density at radius 1 is 0.818 bits per heavy atom. The van der Waals surface area contributed by atoms with E-state index in [1.165, 1.54) is 5.69 Å². The summed E-state index contributed by atoms with van der Waals surface area (Å²) in [5.41, 5.74) is 2.34. The van der Waals surface area contributed by atoms with Crippen LogP contribution >= 0.6 is 0 Å². The summed E-state index contributed by atoms with van der Waals surface area (Å²) in [6.07, 6.45) is 1.53. The fourth-order valence-corrected chi connectivity index (χ4v) is 2.95. The lowest BCUT2D eigenvalue weighted by Gasteiger charge is -2.23. The minimum absolute atomic E-state index is 0.237. The monoisotopic (exact) mass is 294 g/mol. The van der Waals surface area contributed by atoms with Gasteiger partial charge < -0.3 is 9.80 Å². The second-order valence-electron chi connectivity index (χ2n) is 5.72. The number of carbonyl (C=O) groups is 1. The van der Waals surface area contributed by atoms with Gasteiger partial charge in [-0.05, 0) is 24.1 Å². The van der Waals surface area contributed by atoms with Crippen LogP contribution in [0, 0.1) is 0 Å². The number of rotatable bonds is 3. The number of para-hydroxylation sites is 1. The van der Waals surface area contributed by atoms with Gasteiger partial charge in [0.25, 0.3) is 0 Å². The fourth-order valence-electron chi connectivity index (χ4n) is 2.95. The zero-order valence-corrected chi connectivity index (χ0v) is 12.8. The number of carbonyl (C=O) groups excluding carboxylic acids is 1. The van der Waals surface area contributed by atoms with Crippen molar-refractivity contribution < 1.29 is 4.79 Å². The van der Waals surface area contributed by atoms with Crippen LogP contribution in [0.15, 0.2) is 60.7 Å². The maximum Gasteiger partial charge on any atom is 0.227 e. The minimum Gasteiger partial charge on any atom is -0.370 e. The van der Waals surface area contributed by atoms with Crippen LogP contribution in [-0.2, 0) is 11.2 Å². The zero-order valence-electron chi connectivity index (χ0n) is 12.8. The quantitative estimate of drug-likeness (QED) is 0.869. The maximum absolute atomic E-state index is 12.5. The highest BCUT2D eigenvalue weighted by atomic mass is 16.2. The van der Waals surface area contributed by atoms with Gasteiger partial charge in [-0.1, -0.05) is 48.5 Å². The summed E-state index contributed by atoms with van der Waals surface area (Å²) >= 11 is 0. The lowest BCUT2D eigenvalue weighted by atomic mass is 10.1. The first-order valence-electron chi connectivity index (χ1n) is 7.94. The molecular weight excluding hydrogens is 272 g/mol. The molecule has 0 aliphatic carbocycles. The molecule has 1 saturated heterocycles. The van der Waals surface area contributed by atoms with Crippen molar-refractivity contribution >= 4 is 11.6 Å². The summed E-state index contributed by atoms with van der Waals surface area (Å²) < 4.78 is 0. The van der Waals surface area contributed by atoms with Crippen LogP contribution in [0.4, 0.5) is 5.69 Å². The van der Waals surface area contributed by atoms with E-state index in [0.717, 1.165) is 38.2 Å². The van der Waals surface area contributed by atoms with Gasteiger partial charge in [0.2, 0.25) is 5.91 Å². The second-order valence-corrected chi connectivity index (χ2v) is 5.72. The van der Waals surface area contributed by atoms with Crippen LogP contribution < -0.4 is 4.90 Å². The molecule has 0 unspecified atom stereocenters. The maximum atomic E-state index is 12.5. The summed E-state index contributed by atoms with van der Waals surface area (Å²) in [7, 11) is 0. The van der Waals surface area contributed by atoms with Crippen molar-refractivity contribution in [2.45, 2.75) is 12.8 Å². The molecule has 2 aromatic carbocycles. The Labute approximate surface area is 132 Å². The Morgan fingerprint density at radius 3 is 2.23 bits per heavy atom.